The second kappa shape index (κ2) is 7.54. The van der Waals surface area contributed by atoms with Crippen LogP contribution in [0.5, 0.6) is 0 Å². The van der Waals surface area contributed by atoms with Crippen LogP contribution in [-0.2, 0) is 9.84 Å². The summed E-state index contributed by atoms with van der Waals surface area (Å²) >= 11 is 1.81. The SMILES string of the molecule is CCS(=O)(=O)CCCSC(C)CCN. The molecule has 14 heavy (non-hydrogen) atoms. The Balaban J connectivity index is 3.47. The summed E-state index contributed by atoms with van der Waals surface area (Å²) < 4.78 is 22.3. The minimum atomic E-state index is -2.77. The van der Waals surface area contributed by atoms with Gasteiger partial charge in [-0.1, -0.05) is 13.8 Å². The van der Waals surface area contributed by atoms with Gasteiger partial charge in [0.1, 0.15) is 9.84 Å². The minimum absolute atomic E-state index is 0.260. The summed E-state index contributed by atoms with van der Waals surface area (Å²) in [5, 5.41) is 0.546. The van der Waals surface area contributed by atoms with E-state index in [1.165, 1.54) is 0 Å². The van der Waals surface area contributed by atoms with Crippen LogP contribution in [0.1, 0.15) is 26.7 Å². The van der Waals surface area contributed by atoms with Crippen LogP contribution in [0, 0.1) is 0 Å². The van der Waals surface area contributed by atoms with Crippen LogP contribution in [0.25, 0.3) is 0 Å². The third-order valence-corrected chi connectivity index (χ3v) is 5.13. The van der Waals surface area contributed by atoms with E-state index in [0.29, 0.717) is 17.5 Å². The highest BCUT2D eigenvalue weighted by atomic mass is 32.2. The Morgan fingerprint density at radius 3 is 2.57 bits per heavy atom. The van der Waals surface area contributed by atoms with Gasteiger partial charge in [-0.15, -0.1) is 0 Å². The maximum atomic E-state index is 11.1. The number of sulfone groups is 1. The molecule has 0 aromatic carbocycles. The highest BCUT2D eigenvalue weighted by Crippen LogP contribution is 2.14. The largest absolute Gasteiger partial charge is 0.330 e. The van der Waals surface area contributed by atoms with Crippen molar-refractivity contribution in [3.63, 3.8) is 0 Å². The number of thioether (sulfide) groups is 1. The lowest BCUT2D eigenvalue weighted by molar-refractivity contribution is 0.596. The molecule has 0 amide bonds. The standard InChI is InChI=1S/C9H21NO2S2/c1-3-14(11,12)8-4-7-13-9(2)5-6-10/h9H,3-8,10H2,1-2H3. The molecule has 0 bridgehead atoms. The van der Waals surface area contributed by atoms with Gasteiger partial charge in [-0.2, -0.15) is 11.8 Å². The lowest BCUT2D eigenvalue weighted by Gasteiger charge is -2.08. The van der Waals surface area contributed by atoms with E-state index in [4.69, 9.17) is 5.73 Å². The van der Waals surface area contributed by atoms with Gasteiger partial charge >= 0.3 is 0 Å². The zero-order valence-electron chi connectivity index (χ0n) is 9.03. The van der Waals surface area contributed by atoms with Crippen molar-refractivity contribution >= 4 is 21.6 Å². The highest BCUT2D eigenvalue weighted by Gasteiger charge is 2.07. The van der Waals surface area contributed by atoms with Crippen LogP contribution in [0.15, 0.2) is 0 Å². The summed E-state index contributed by atoms with van der Waals surface area (Å²) in [7, 11) is -2.77. The van der Waals surface area contributed by atoms with Gasteiger partial charge in [0, 0.05) is 11.0 Å². The first-order chi connectivity index (χ1) is 6.52. The van der Waals surface area contributed by atoms with Crippen LogP contribution in [-0.4, -0.2) is 37.5 Å². The van der Waals surface area contributed by atoms with Gasteiger partial charge in [0.2, 0.25) is 0 Å². The molecule has 0 aromatic rings. The van der Waals surface area contributed by atoms with Gasteiger partial charge in [0.05, 0.1) is 5.75 Å². The van der Waals surface area contributed by atoms with Crippen molar-refractivity contribution in [2.45, 2.75) is 31.9 Å². The molecular weight excluding hydrogens is 218 g/mol. The van der Waals surface area contributed by atoms with Gasteiger partial charge in [0.15, 0.2) is 0 Å². The molecule has 86 valence electrons. The first kappa shape index (κ1) is 14.3. The fraction of sp³-hybridized carbons (Fsp3) is 1.00. The summed E-state index contributed by atoms with van der Waals surface area (Å²) in [5.74, 6) is 1.50. The fourth-order valence-electron chi connectivity index (χ4n) is 1.03. The second-order valence-electron chi connectivity index (χ2n) is 3.35. The van der Waals surface area contributed by atoms with Gasteiger partial charge in [-0.25, -0.2) is 8.42 Å². The first-order valence-electron chi connectivity index (χ1n) is 5.04. The molecule has 0 aromatic heterocycles. The zero-order chi connectivity index (χ0) is 11.0. The maximum Gasteiger partial charge on any atom is 0.150 e. The molecular formula is C9H21NO2S2. The molecule has 0 aliphatic carbocycles. The average Bonchev–Trinajstić information content (AvgIpc) is 2.13. The van der Waals surface area contributed by atoms with E-state index in [9.17, 15) is 8.42 Å². The Labute approximate surface area is 91.7 Å². The van der Waals surface area contributed by atoms with E-state index < -0.39 is 9.84 Å². The first-order valence-corrected chi connectivity index (χ1v) is 7.91. The molecule has 5 heteroatoms. The molecule has 0 aliphatic heterocycles. The summed E-state index contributed by atoms with van der Waals surface area (Å²) in [6.45, 7) is 4.53. The van der Waals surface area contributed by atoms with Crippen molar-refractivity contribution in [3.05, 3.63) is 0 Å². The van der Waals surface area contributed by atoms with Crippen LogP contribution < -0.4 is 5.73 Å². The molecule has 3 nitrogen and oxygen atoms in total. The van der Waals surface area contributed by atoms with Crippen LogP contribution in [0.3, 0.4) is 0 Å². The normalized spacial score (nSPS) is 14.2. The van der Waals surface area contributed by atoms with Crippen molar-refractivity contribution in [2.75, 3.05) is 23.8 Å². The van der Waals surface area contributed by atoms with E-state index in [1.807, 2.05) is 11.8 Å². The molecule has 0 saturated carbocycles. The summed E-state index contributed by atoms with van der Waals surface area (Å²) in [5.41, 5.74) is 5.42. The van der Waals surface area contributed by atoms with Crippen LogP contribution in [0.2, 0.25) is 0 Å². The summed E-state index contributed by atoms with van der Waals surface area (Å²) in [4.78, 5) is 0. The van der Waals surface area contributed by atoms with E-state index in [1.54, 1.807) is 6.92 Å². The monoisotopic (exact) mass is 239 g/mol. The van der Waals surface area contributed by atoms with E-state index >= 15 is 0 Å². The van der Waals surface area contributed by atoms with Crippen LogP contribution >= 0.6 is 11.8 Å². The Hall–Kier alpha value is 0.260. The van der Waals surface area contributed by atoms with Crippen molar-refractivity contribution in [2.24, 2.45) is 5.73 Å². The predicted octanol–water partition coefficient (Wildman–Crippen LogP) is 1.28. The Morgan fingerprint density at radius 2 is 2.07 bits per heavy atom. The molecule has 1 atom stereocenters. The number of rotatable bonds is 8. The van der Waals surface area contributed by atoms with Gasteiger partial charge in [-0.3, -0.25) is 0 Å². The predicted molar refractivity (Wildman–Crippen MR) is 64.5 cm³/mol. The average molecular weight is 239 g/mol. The van der Waals surface area contributed by atoms with Gasteiger partial charge < -0.3 is 5.73 Å². The van der Waals surface area contributed by atoms with Crippen LogP contribution in [0.4, 0.5) is 0 Å². The van der Waals surface area contributed by atoms with Crippen molar-refractivity contribution in [1.82, 2.24) is 0 Å². The summed E-state index contributed by atoms with van der Waals surface area (Å²) in [6, 6.07) is 0. The Morgan fingerprint density at radius 1 is 1.43 bits per heavy atom. The Bertz CT molecular complexity index is 227. The highest BCUT2D eigenvalue weighted by molar-refractivity contribution is 7.99. The lowest BCUT2D eigenvalue weighted by atomic mass is 10.3. The number of nitrogens with two attached hydrogens (primary N) is 1. The minimum Gasteiger partial charge on any atom is -0.330 e. The fourth-order valence-corrected chi connectivity index (χ4v) is 3.10. The molecule has 0 radical (unpaired) electrons. The summed E-state index contributed by atoms with van der Waals surface area (Å²) in [6.07, 6.45) is 1.76. The van der Waals surface area contributed by atoms with Crippen molar-refractivity contribution in [3.8, 4) is 0 Å². The third-order valence-electron chi connectivity index (χ3n) is 2.02. The molecule has 0 saturated heterocycles. The molecule has 2 N–H and O–H groups in total. The number of hydrogen-bond donors (Lipinski definition) is 1. The molecule has 0 rings (SSSR count). The van der Waals surface area contributed by atoms with Gasteiger partial charge in [0.25, 0.3) is 0 Å². The molecule has 0 spiro atoms. The maximum absolute atomic E-state index is 11.1. The second-order valence-corrected chi connectivity index (χ2v) is 7.37. The number of hydrogen-bond acceptors (Lipinski definition) is 4. The molecule has 0 fully saturated rings. The topological polar surface area (TPSA) is 60.2 Å². The van der Waals surface area contributed by atoms with Crippen molar-refractivity contribution < 1.29 is 8.42 Å². The zero-order valence-corrected chi connectivity index (χ0v) is 10.7. The van der Waals surface area contributed by atoms with E-state index in [0.717, 1.165) is 18.6 Å². The molecule has 1 unspecified atom stereocenters. The van der Waals surface area contributed by atoms with Crippen molar-refractivity contribution in [1.29, 1.82) is 0 Å². The molecule has 0 aliphatic rings. The Kier molecular flexibility index (Phi) is 7.68. The third kappa shape index (κ3) is 7.64. The van der Waals surface area contributed by atoms with Gasteiger partial charge in [-0.05, 0) is 25.1 Å². The lowest BCUT2D eigenvalue weighted by Crippen LogP contribution is -2.11. The van der Waals surface area contributed by atoms with E-state index in [2.05, 4.69) is 6.92 Å². The quantitative estimate of drug-likeness (QED) is 0.648. The smallest absolute Gasteiger partial charge is 0.150 e. The van der Waals surface area contributed by atoms with E-state index in [-0.39, 0.29) is 5.75 Å². The molecule has 0 heterocycles.